The second kappa shape index (κ2) is 10.9. The van der Waals surface area contributed by atoms with Gasteiger partial charge in [-0.25, -0.2) is 0 Å². The molecular weight excluding hydrogens is 432 g/mol. The van der Waals surface area contributed by atoms with Crippen LogP contribution in [0, 0.1) is 6.92 Å². The summed E-state index contributed by atoms with van der Waals surface area (Å²) in [6, 6.07) is 12.0. The van der Waals surface area contributed by atoms with Crippen LogP contribution in [-0.2, 0) is 20.7 Å². The van der Waals surface area contributed by atoms with Crippen LogP contribution in [0.25, 0.3) is 0 Å². The van der Waals surface area contributed by atoms with E-state index in [0.29, 0.717) is 31.2 Å². The van der Waals surface area contributed by atoms with E-state index in [0.717, 1.165) is 43.6 Å². The van der Waals surface area contributed by atoms with E-state index in [4.69, 9.17) is 9.47 Å². The lowest BCUT2D eigenvalue weighted by molar-refractivity contribution is -0.136. The quantitative estimate of drug-likeness (QED) is 0.637. The van der Waals surface area contributed by atoms with Gasteiger partial charge in [0.2, 0.25) is 0 Å². The standard InChI is InChI=1S/C26H34N4O4/c1-18-6-9-24(33-3)21(15-18)28-26(32)25(31)27-17-23(30-11-13-34-14-12-30)20-7-8-22-19(16-20)5-4-10-29(22)2/h6-9,15-16,23H,4-5,10-14,17H2,1-3H3,(H,27,31)(H,28,32)/t23-/m1/s1. The first-order chi connectivity index (χ1) is 16.5. The van der Waals surface area contributed by atoms with Crippen LogP contribution in [0.2, 0.25) is 0 Å². The number of nitrogens with zero attached hydrogens (tertiary/aromatic N) is 2. The number of amides is 2. The Kier molecular flexibility index (Phi) is 7.70. The summed E-state index contributed by atoms with van der Waals surface area (Å²) in [5.41, 5.74) is 5.19. The van der Waals surface area contributed by atoms with Gasteiger partial charge in [-0.3, -0.25) is 14.5 Å². The number of aryl methyl sites for hydroxylation is 2. The molecule has 0 radical (unpaired) electrons. The Morgan fingerprint density at radius 3 is 2.65 bits per heavy atom. The molecule has 1 fully saturated rings. The number of carbonyl (C=O) groups is 2. The molecule has 8 nitrogen and oxygen atoms in total. The maximum atomic E-state index is 12.7. The molecule has 0 aromatic heterocycles. The van der Waals surface area contributed by atoms with E-state index < -0.39 is 11.8 Å². The predicted octanol–water partition coefficient (Wildman–Crippen LogP) is 2.51. The van der Waals surface area contributed by atoms with Crippen molar-refractivity contribution in [2.45, 2.75) is 25.8 Å². The van der Waals surface area contributed by atoms with E-state index in [1.807, 2.05) is 13.0 Å². The zero-order valence-electron chi connectivity index (χ0n) is 20.2. The van der Waals surface area contributed by atoms with E-state index in [-0.39, 0.29) is 6.04 Å². The highest BCUT2D eigenvalue weighted by Crippen LogP contribution is 2.31. The minimum Gasteiger partial charge on any atom is -0.495 e. The van der Waals surface area contributed by atoms with Gasteiger partial charge in [-0.15, -0.1) is 0 Å². The monoisotopic (exact) mass is 466 g/mol. The Balaban J connectivity index is 1.47. The van der Waals surface area contributed by atoms with Crippen molar-refractivity contribution in [2.75, 3.05) is 63.8 Å². The highest BCUT2D eigenvalue weighted by molar-refractivity contribution is 6.39. The first-order valence-corrected chi connectivity index (χ1v) is 11.9. The summed E-state index contributed by atoms with van der Waals surface area (Å²) in [6.45, 7) is 6.20. The van der Waals surface area contributed by atoms with E-state index in [1.165, 1.54) is 18.4 Å². The molecule has 1 saturated heterocycles. The molecule has 0 spiro atoms. The van der Waals surface area contributed by atoms with Crippen molar-refractivity contribution < 1.29 is 19.1 Å². The SMILES string of the molecule is COc1ccc(C)cc1NC(=O)C(=O)NC[C@H](c1ccc2c(c1)CCCN2C)N1CCOCC1. The number of carbonyl (C=O) groups excluding carboxylic acids is 2. The number of benzene rings is 2. The van der Waals surface area contributed by atoms with Crippen molar-refractivity contribution in [3.05, 3.63) is 53.1 Å². The fourth-order valence-corrected chi connectivity index (χ4v) is 4.73. The van der Waals surface area contributed by atoms with Gasteiger partial charge in [0.1, 0.15) is 5.75 Å². The summed E-state index contributed by atoms with van der Waals surface area (Å²) in [5, 5.41) is 5.53. The maximum Gasteiger partial charge on any atom is 0.313 e. The number of morpholine rings is 1. The van der Waals surface area contributed by atoms with Crippen LogP contribution in [0.4, 0.5) is 11.4 Å². The van der Waals surface area contributed by atoms with Gasteiger partial charge in [0.25, 0.3) is 0 Å². The molecule has 2 aliphatic heterocycles. The Morgan fingerprint density at radius 1 is 1.09 bits per heavy atom. The number of methoxy groups -OCH3 is 1. The van der Waals surface area contributed by atoms with E-state index in [1.54, 1.807) is 12.1 Å². The molecule has 0 saturated carbocycles. The van der Waals surface area contributed by atoms with Gasteiger partial charge in [-0.1, -0.05) is 18.2 Å². The highest BCUT2D eigenvalue weighted by Gasteiger charge is 2.26. The van der Waals surface area contributed by atoms with Crippen LogP contribution in [0.15, 0.2) is 36.4 Å². The summed E-state index contributed by atoms with van der Waals surface area (Å²) < 4.78 is 10.8. The molecule has 0 unspecified atom stereocenters. The van der Waals surface area contributed by atoms with Crippen LogP contribution in [0.1, 0.15) is 29.2 Å². The number of ether oxygens (including phenoxy) is 2. The Bertz CT molecular complexity index is 1040. The van der Waals surface area contributed by atoms with E-state index in [9.17, 15) is 9.59 Å². The first-order valence-electron chi connectivity index (χ1n) is 11.9. The number of hydrogen-bond acceptors (Lipinski definition) is 6. The third kappa shape index (κ3) is 5.51. The molecule has 34 heavy (non-hydrogen) atoms. The van der Waals surface area contributed by atoms with Crippen LogP contribution in [-0.4, -0.2) is 70.3 Å². The fraction of sp³-hybridized carbons (Fsp3) is 0.462. The second-order valence-electron chi connectivity index (χ2n) is 8.95. The Morgan fingerprint density at radius 2 is 1.88 bits per heavy atom. The lowest BCUT2D eigenvalue weighted by Gasteiger charge is -2.36. The maximum absolute atomic E-state index is 12.7. The molecule has 8 heteroatoms. The van der Waals surface area contributed by atoms with Crippen LogP contribution < -0.4 is 20.3 Å². The van der Waals surface area contributed by atoms with Gasteiger partial charge in [-0.05, 0) is 54.7 Å². The van der Waals surface area contributed by atoms with Crippen molar-refractivity contribution in [2.24, 2.45) is 0 Å². The number of fused-ring (bicyclic) bond motifs is 1. The fourth-order valence-electron chi connectivity index (χ4n) is 4.73. The number of nitrogens with one attached hydrogen (secondary N) is 2. The second-order valence-corrected chi connectivity index (χ2v) is 8.95. The summed E-state index contributed by atoms with van der Waals surface area (Å²) in [7, 11) is 3.66. The molecule has 2 heterocycles. The molecular formula is C26H34N4O4. The molecule has 1 atom stereocenters. The largest absolute Gasteiger partial charge is 0.495 e. The minimum absolute atomic E-state index is 0.0355. The van der Waals surface area contributed by atoms with Crippen LogP contribution >= 0.6 is 0 Å². The minimum atomic E-state index is -0.711. The van der Waals surface area contributed by atoms with E-state index >= 15 is 0 Å². The molecule has 0 aliphatic carbocycles. The third-order valence-electron chi connectivity index (χ3n) is 6.59. The van der Waals surface area contributed by atoms with Crippen molar-refractivity contribution in [1.82, 2.24) is 10.2 Å². The molecule has 4 rings (SSSR count). The van der Waals surface area contributed by atoms with Crippen molar-refractivity contribution in [3.8, 4) is 5.75 Å². The van der Waals surface area contributed by atoms with Crippen molar-refractivity contribution >= 4 is 23.2 Å². The van der Waals surface area contributed by atoms with Gasteiger partial charge in [-0.2, -0.15) is 0 Å². The molecule has 2 aliphatic rings. The van der Waals surface area contributed by atoms with Gasteiger partial charge >= 0.3 is 11.8 Å². The molecule has 182 valence electrons. The first kappa shape index (κ1) is 24.0. The third-order valence-corrected chi connectivity index (χ3v) is 6.59. The Hall–Kier alpha value is -3.10. The lowest BCUT2D eigenvalue weighted by Crippen LogP contribution is -2.45. The van der Waals surface area contributed by atoms with E-state index in [2.05, 4.69) is 45.7 Å². The molecule has 2 amide bonds. The van der Waals surface area contributed by atoms with Gasteiger partial charge in [0.05, 0.1) is 32.1 Å². The average molecular weight is 467 g/mol. The average Bonchev–Trinajstić information content (AvgIpc) is 2.85. The summed E-state index contributed by atoms with van der Waals surface area (Å²) in [6.07, 6.45) is 2.19. The molecule has 0 bridgehead atoms. The number of rotatable bonds is 6. The van der Waals surface area contributed by atoms with Crippen molar-refractivity contribution in [3.63, 3.8) is 0 Å². The highest BCUT2D eigenvalue weighted by atomic mass is 16.5. The Labute approximate surface area is 201 Å². The molecule has 2 N–H and O–H groups in total. The normalized spacial score (nSPS) is 17.0. The molecule has 2 aromatic carbocycles. The van der Waals surface area contributed by atoms with Gasteiger partial charge < -0.3 is 25.0 Å². The van der Waals surface area contributed by atoms with Crippen LogP contribution in [0.5, 0.6) is 5.75 Å². The summed E-state index contributed by atoms with van der Waals surface area (Å²) >= 11 is 0. The summed E-state index contributed by atoms with van der Waals surface area (Å²) in [5.74, 6) is -0.867. The van der Waals surface area contributed by atoms with Crippen LogP contribution in [0.3, 0.4) is 0 Å². The summed E-state index contributed by atoms with van der Waals surface area (Å²) in [4.78, 5) is 29.9. The lowest BCUT2D eigenvalue weighted by atomic mass is 9.95. The van der Waals surface area contributed by atoms with Gasteiger partial charge in [0, 0.05) is 38.9 Å². The predicted molar refractivity (Wildman–Crippen MR) is 133 cm³/mol. The van der Waals surface area contributed by atoms with Crippen molar-refractivity contribution in [1.29, 1.82) is 0 Å². The zero-order chi connectivity index (χ0) is 24.1. The topological polar surface area (TPSA) is 83.1 Å². The van der Waals surface area contributed by atoms with Gasteiger partial charge in [0.15, 0.2) is 0 Å². The smallest absolute Gasteiger partial charge is 0.313 e. The zero-order valence-corrected chi connectivity index (χ0v) is 20.2. The molecule has 2 aromatic rings. The number of anilines is 2. The number of hydrogen-bond donors (Lipinski definition) is 2.